The summed E-state index contributed by atoms with van der Waals surface area (Å²) in [5.74, 6) is 0.553. The third kappa shape index (κ3) is 2.84. The molecule has 2 aromatic heterocycles. The minimum Gasteiger partial charge on any atom is -0.347 e. The van der Waals surface area contributed by atoms with E-state index in [0.717, 1.165) is 16.9 Å². The molecule has 7 heteroatoms. The van der Waals surface area contributed by atoms with E-state index in [0.29, 0.717) is 24.6 Å². The zero-order valence-corrected chi connectivity index (χ0v) is 14.1. The van der Waals surface area contributed by atoms with Crippen LogP contribution in [0.5, 0.6) is 0 Å². The summed E-state index contributed by atoms with van der Waals surface area (Å²) < 4.78 is 1.86. The Bertz CT molecular complexity index is 919. The molecule has 1 aromatic carbocycles. The maximum atomic E-state index is 12.7. The van der Waals surface area contributed by atoms with Gasteiger partial charge < -0.3 is 9.80 Å². The monoisotopic (exact) mass is 334 g/mol. The van der Waals surface area contributed by atoms with Crippen molar-refractivity contribution < 1.29 is 4.79 Å². The van der Waals surface area contributed by atoms with Gasteiger partial charge in [-0.3, -0.25) is 9.48 Å². The lowest BCUT2D eigenvalue weighted by Crippen LogP contribution is -2.23. The summed E-state index contributed by atoms with van der Waals surface area (Å²) in [5.41, 5.74) is 3.29. The van der Waals surface area contributed by atoms with Crippen LogP contribution in [0, 0.1) is 0 Å². The Balaban J connectivity index is 1.61. The number of carbonyl (C=O) groups is 1. The largest absolute Gasteiger partial charge is 0.347 e. The number of carbonyl (C=O) groups excluding carboxylic acids is 1. The van der Waals surface area contributed by atoms with Crippen molar-refractivity contribution >= 4 is 17.5 Å². The third-order valence-corrected chi connectivity index (χ3v) is 4.16. The van der Waals surface area contributed by atoms with Crippen LogP contribution in [0.25, 0.3) is 0 Å². The number of fused-ring (bicyclic) bond motifs is 1. The van der Waals surface area contributed by atoms with Crippen LogP contribution < -0.4 is 9.80 Å². The van der Waals surface area contributed by atoms with E-state index in [1.54, 1.807) is 17.3 Å². The molecular formula is C18H18N6O. The average Bonchev–Trinajstić information content (AvgIpc) is 3.23. The van der Waals surface area contributed by atoms with Gasteiger partial charge in [0, 0.05) is 38.4 Å². The number of hydrogen-bond acceptors (Lipinski definition) is 5. The summed E-state index contributed by atoms with van der Waals surface area (Å²) in [6.45, 7) is 1.13. The number of hydrogen-bond donors (Lipinski definition) is 0. The Morgan fingerprint density at radius 3 is 2.88 bits per heavy atom. The van der Waals surface area contributed by atoms with Crippen molar-refractivity contribution in [2.24, 2.45) is 0 Å². The molecule has 3 heterocycles. The van der Waals surface area contributed by atoms with Crippen molar-refractivity contribution in [2.45, 2.75) is 13.1 Å². The predicted octanol–water partition coefficient (Wildman–Crippen LogP) is 1.95. The summed E-state index contributed by atoms with van der Waals surface area (Å²) in [6, 6.07) is 9.85. The number of aromatic nitrogens is 4. The van der Waals surface area contributed by atoms with Gasteiger partial charge in [-0.1, -0.05) is 12.1 Å². The molecule has 4 rings (SSSR count). The summed E-state index contributed by atoms with van der Waals surface area (Å²) in [6.07, 6.45) is 5.29. The number of anilines is 2. The summed E-state index contributed by atoms with van der Waals surface area (Å²) in [4.78, 5) is 25.0. The van der Waals surface area contributed by atoms with Crippen molar-refractivity contribution in [3.05, 3.63) is 65.7 Å². The maximum absolute atomic E-state index is 12.7. The molecular weight excluding hydrogens is 316 g/mol. The highest BCUT2D eigenvalue weighted by atomic mass is 16.2. The van der Waals surface area contributed by atoms with Crippen LogP contribution in [-0.4, -0.2) is 39.8 Å². The van der Waals surface area contributed by atoms with Gasteiger partial charge in [0.15, 0.2) is 0 Å². The fourth-order valence-electron chi connectivity index (χ4n) is 2.90. The van der Waals surface area contributed by atoms with Crippen LogP contribution >= 0.6 is 0 Å². The number of benzene rings is 1. The van der Waals surface area contributed by atoms with Gasteiger partial charge in [0.25, 0.3) is 5.91 Å². The first kappa shape index (κ1) is 15.3. The molecule has 0 unspecified atom stereocenters. The SMILES string of the molecule is CN(C)c1ncc2c(n1)CN(c1cccc(Cn3cccn3)c1)C2=O. The highest BCUT2D eigenvalue weighted by Crippen LogP contribution is 2.28. The predicted molar refractivity (Wildman–Crippen MR) is 94.6 cm³/mol. The second-order valence-corrected chi connectivity index (χ2v) is 6.19. The first-order valence-electron chi connectivity index (χ1n) is 8.03. The van der Waals surface area contributed by atoms with Gasteiger partial charge in [-0.15, -0.1) is 0 Å². The zero-order chi connectivity index (χ0) is 17.4. The standard InChI is InChI=1S/C18H18N6O/c1-22(2)18-19-10-15-16(21-18)12-24(17(15)25)14-6-3-5-13(9-14)11-23-8-4-7-20-23/h3-10H,11-12H2,1-2H3. The van der Waals surface area contributed by atoms with Crippen molar-refractivity contribution in [3.63, 3.8) is 0 Å². The lowest BCUT2D eigenvalue weighted by atomic mass is 10.2. The van der Waals surface area contributed by atoms with E-state index in [1.165, 1.54) is 0 Å². The van der Waals surface area contributed by atoms with Crippen molar-refractivity contribution in [2.75, 3.05) is 23.9 Å². The summed E-state index contributed by atoms with van der Waals surface area (Å²) >= 11 is 0. The van der Waals surface area contributed by atoms with Gasteiger partial charge in [-0.2, -0.15) is 5.10 Å². The Labute approximate surface area is 145 Å². The average molecular weight is 334 g/mol. The van der Waals surface area contributed by atoms with Gasteiger partial charge in [0.1, 0.15) is 0 Å². The first-order chi connectivity index (χ1) is 12.1. The molecule has 0 aliphatic carbocycles. The summed E-state index contributed by atoms with van der Waals surface area (Å²) in [5, 5.41) is 4.23. The van der Waals surface area contributed by atoms with Gasteiger partial charge in [0.2, 0.25) is 5.95 Å². The smallest absolute Gasteiger partial charge is 0.262 e. The second kappa shape index (κ2) is 6.01. The molecule has 0 saturated carbocycles. The van der Waals surface area contributed by atoms with Gasteiger partial charge >= 0.3 is 0 Å². The van der Waals surface area contributed by atoms with E-state index in [1.807, 2.05) is 60.2 Å². The molecule has 1 aliphatic rings. The molecule has 0 saturated heterocycles. The molecule has 0 spiro atoms. The molecule has 126 valence electrons. The normalized spacial score (nSPS) is 13.2. The first-order valence-corrected chi connectivity index (χ1v) is 8.03. The second-order valence-electron chi connectivity index (χ2n) is 6.19. The zero-order valence-electron chi connectivity index (χ0n) is 14.1. The molecule has 0 N–H and O–H groups in total. The number of rotatable bonds is 4. The van der Waals surface area contributed by atoms with E-state index >= 15 is 0 Å². The van der Waals surface area contributed by atoms with E-state index in [9.17, 15) is 4.79 Å². The number of amides is 1. The van der Waals surface area contributed by atoms with Crippen LogP contribution in [0.1, 0.15) is 21.6 Å². The number of nitrogens with zero attached hydrogens (tertiary/aromatic N) is 6. The molecule has 3 aromatic rings. The van der Waals surface area contributed by atoms with Crippen LogP contribution in [0.15, 0.2) is 48.9 Å². The van der Waals surface area contributed by atoms with Crippen molar-refractivity contribution in [1.29, 1.82) is 0 Å². The van der Waals surface area contributed by atoms with Crippen LogP contribution in [-0.2, 0) is 13.1 Å². The highest BCUT2D eigenvalue weighted by Gasteiger charge is 2.30. The van der Waals surface area contributed by atoms with Crippen molar-refractivity contribution in [1.82, 2.24) is 19.7 Å². The Morgan fingerprint density at radius 1 is 1.24 bits per heavy atom. The molecule has 1 aliphatic heterocycles. The van der Waals surface area contributed by atoms with Gasteiger partial charge in [-0.25, -0.2) is 9.97 Å². The van der Waals surface area contributed by atoms with Crippen LogP contribution in [0.3, 0.4) is 0 Å². The van der Waals surface area contributed by atoms with Crippen LogP contribution in [0.2, 0.25) is 0 Å². The molecule has 0 radical (unpaired) electrons. The van der Waals surface area contributed by atoms with E-state index < -0.39 is 0 Å². The molecule has 0 fully saturated rings. The minimum absolute atomic E-state index is 0.0588. The quantitative estimate of drug-likeness (QED) is 0.729. The molecule has 7 nitrogen and oxygen atoms in total. The Kier molecular flexibility index (Phi) is 3.68. The molecule has 0 atom stereocenters. The van der Waals surface area contributed by atoms with Gasteiger partial charge in [-0.05, 0) is 23.8 Å². The lowest BCUT2D eigenvalue weighted by molar-refractivity contribution is 0.0996. The van der Waals surface area contributed by atoms with Crippen molar-refractivity contribution in [3.8, 4) is 0 Å². The van der Waals surface area contributed by atoms with E-state index in [-0.39, 0.29) is 5.91 Å². The van der Waals surface area contributed by atoms with Gasteiger partial charge in [0.05, 0.1) is 24.3 Å². The van der Waals surface area contributed by atoms with Crippen LogP contribution in [0.4, 0.5) is 11.6 Å². The Morgan fingerprint density at radius 2 is 2.12 bits per heavy atom. The Hall–Kier alpha value is -3.22. The lowest BCUT2D eigenvalue weighted by Gasteiger charge is -2.16. The fraction of sp³-hybridized carbons (Fsp3) is 0.222. The molecule has 25 heavy (non-hydrogen) atoms. The highest BCUT2D eigenvalue weighted by molar-refractivity contribution is 6.09. The maximum Gasteiger partial charge on any atom is 0.262 e. The molecule has 1 amide bonds. The fourth-order valence-corrected chi connectivity index (χ4v) is 2.90. The third-order valence-electron chi connectivity index (χ3n) is 4.16. The summed E-state index contributed by atoms with van der Waals surface area (Å²) in [7, 11) is 3.77. The topological polar surface area (TPSA) is 67.2 Å². The minimum atomic E-state index is -0.0588. The molecule has 0 bridgehead atoms. The van der Waals surface area contributed by atoms with E-state index in [4.69, 9.17) is 0 Å². The van der Waals surface area contributed by atoms with E-state index in [2.05, 4.69) is 15.1 Å².